The molecule has 0 bridgehead atoms. The first-order valence-electron chi connectivity index (χ1n) is 7.68. The van der Waals surface area contributed by atoms with Crippen LogP contribution in [0.3, 0.4) is 0 Å². The van der Waals surface area contributed by atoms with Crippen molar-refractivity contribution in [2.24, 2.45) is 11.7 Å². The number of carbonyl (C=O) groups is 1. The number of amides is 1. The average Bonchev–Trinajstić information content (AvgIpc) is 2.43. The molecule has 2 N–H and O–H groups in total. The highest BCUT2D eigenvalue weighted by molar-refractivity contribution is 9.10. The Bertz CT molecular complexity index is 462. The van der Waals surface area contributed by atoms with Gasteiger partial charge in [-0.1, -0.05) is 54.9 Å². The van der Waals surface area contributed by atoms with Gasteiger partial charge in [-0.05, 0) is 37.3 Å². The van der Waals surface area contributed by atoms with E-state index in [0.29, 0.717) is 5.92 Å². The van der Waals surface area contributed by atoms with E-state index in [2.05, 4.69) is 49.7 Å². The second-order valence-electron chi connectivity index (χ2n) is 5.97. The molecule has 0 aliphatic heterocycles. The minimum atomic E-state index is -0.415. The summed E-state index contributed by atoms with van der Waals surface area (Å²) in [5, 5.41) is 0. The zero-order chi connectivity index (χ0) is 16.0. The van der Waals surface area contributed by atoms with E-state index in [1.165, 1.54) is 0 Å². The molecule has 21 heavy (non-hydrogen) atoms. The Morgan fingerprint density at radius 3 is 2.43 bits per heavy atom. The van der Waals surface area contributed by atoms with Gasteiger partial charge in [0.15, 0.2) is 0 Å². The van der Waals surface area contributed by atoms with Gasteiger partial charge in [0.05, 0.1) is 12.1 Å². The predicted octanol–water partition coefficient (Wildman–Crippen LogP) is 4.12. The first kappa shape index (κ1) is 18.2. The fourth-order valence-corrected chi connectivity index (χ4v) is 3.16. The van der Waals surface area contributed by atoms with Crippen LogP contribution in [0.25, 0.3) is 0 Å². The largest absolute Gasteiger partial charge is 0.335 e. The SMILES string of the molecule is CCCN(C(=O)C(N)CC(C)C)C(C)c1ccccc1Br. The van der Waals surface area contributed by atoms with Gasteiger partial charge >= 0.3 is 0 Å². The average molecular weight is 355 g/mol. The van der Waals surface area contributed by atoms with Crippen LogP contribution in [-0.4, -0.2) is 23.4 Å². The van der Waals surface area contributed by atoms with E-state index in [1.807, 2.05) is 23.1 Å². The summed E-state index contributed by atoms with van der Waals surface area (Å²) in [5.74, 6) is 0.472. The van der Waals surface area contributed by atoms with Gasteiger partial charge in [0.1, 0.15) is 0 Å². The molecule has 2 atom stereocenters. The zero-order valence-corrected chi connectivity index (χ0v) is 15.1. The van der Waals surface area contributed by atoms with E-state index in [1.54, 1.807) is 0 Å². The minimum Gasteiger partial charge on any atom is -0.335 e. The van der Waals surface area contributed by atoms with Crippen LogP contribution in [0.15, 0.2) is 28.7 Å². The molecule has 0 aromatic heterocycles. The second-order valence-corrected chi connectivity index (χ2v) is 6.82. The third-order valence-electron chi connectivity index (χ3n) is 3.61. The Hall–Kier alpha value is -0.870. The fourth-order valence-electron chi connectivity index (χ4n) is 2.54. The van der Waals surface area contributed by atoms with Crippen molar-refractivity contribution in [3.05, 3.63) is 34.3 Å². The lowest BCUT2D eigenvalue weighted by molar-refractivity contribution is -0.135. The number of hydrogen-bond donors (Lipinski definition) is 1. The van der Waals surface area contributed by atoms with Gasteiger partial charge in [-0.15, -0.1) is 0 Å². The molecule has 1 aromatic carbocycles. The van der Waals surface area contributed by atoms with Crippen molar-refractivity contribution >= 4 is 21.8 Å². The van der Waals surface area contributed by atoms with Crippen LogP contribution in [0.4, 0.5) is 0 Å². The molecule has 0 fully saturated rings. The summed E-state index contributed by atoms with van der Waals surface area (Å²) in [6.45, 7) is 9.06. The van der Waals surface area contributed by atoms with E-state index < -0.39 is 6.04 Å². The number of carbonyl (C=O) groups excluding carboxylic acids is 1. The van der Waals surface area contributed by atoms with Gasteiger partial charge in [-0.25, -0.2) is 0 Å². The van der Waals surface area contributed by atoms with Crippen molar-refractivity contribution in [1.29, 1.82) is 0 Å². The zero-order valence-electron chi connectivity index (χ0n) is 13.5. The highest BCUT2D eigenvalue weighted by atomic mass is 79.9. The number of nitrogens with zero attached hydrogens (tertiary/aromatic N) is 1. The van der Waals surface area contributed by atoms with Crippen molar-refractivity contribution < 1.29 is 4.79 Å². The van der Waals surface area contributed by atoms with Gasteiger partial charge in [-0.3, -0.25) is 4.79 Å². The van der Waals surface area contributed by atoms with Gasteiger partial charge in [0.25, 0.3) is 0 Å². The fraction of sp³-hybridized carbons (Fsp3) is 0.588. The Labute approximate surface area is 137 Å². The summed E-state index contributed by atoms with van der Waals surface area (Å²) in [5.41, 5.74) is 7.22. The molecule has 118 valence electrons. The summed E-state index contributed by atoms with van der Waals surface area (Å²) in [7, 11) is 0. The van der Waals surface area contributed by atoms with Crippen LogP contribution >= 0.6 is 15.9 Å². The van der Waals surface area contributed by atoms with Crippen LogP contribution in [0.2, 0.25) is 0 Å². The molecule has 4 heteroatoms. The summed E-state index contributed by atoms with van der Waals surface area (Å²) in [6.07, 6.45) is 1.65. The van der Waals surface area contributed by atoms with Crippen molar-refractivity contribution in [2.45, 2.75) is 52.6 Å². The lowest BCUT2D eigenvalue weighted by atomic mass is 10.0. The van der Waals surface area contributed by atoms with Crippen LogP contribution < -0.4 is 5.73 Å². The Kier molecular flexibility index (Phi) is 7.40. The molecule has 0 aliphatic rings. The third-order valence-corrected chi connectivity index (χ3v) is 4.34. The second kappa shape index (κ2) is 8.54. The van der Waals surface area contributed by atoms with E-state index in [0.717, 1.165) is 29.4 Å². The smallest absolute Gasteiger partial charge is 0.239 e. The summed E-state index contributed by atoms with van der Waals surface area (Å²) < 4.78 is 1.03. The summed E-state index contributed by atoms with van der Waals surface area (Å²) in [6, 6.07) is 7.65. The van der Waals surface area contributed by atoms with Crippen molar-refractivity contribution in [3.8, 4) is 0 Å². The first-order valence-corrected chi connectivity index (χ1v) is 8.48. The topological polar surface area (TPSA) is 46.3 Å². The minimum absolute atomic E-state index is 0.0197. The van der Waals surface area contributed by atoms with Crippen molar-refractivity contribution in [1.82, 2.24) is 4.90 Å². The molecular weight excluding hydrogens is 328 g/mol. The molecule has 0 saturated carbocycles. The van der Waals surface area contributed by atoms with Crippen LogP contribution in [-0.2, 0) is 4.79 Å². The molecule has 0 spiro atoms. The molecule has 2 unspecified atom stereocenters. The van der Waals surface area contributed by atoms with Crippen LogP contribution in [0, 0.1) is 5.92 Å². The Balaban J connectivity index is 2.95. The molecule has 0 aliphatic carbocycles. The van der Waals surface area contributed by atoms with E-state index in [9.17, 15) is 4.79 Å². The number of halogens is 1. The lowest BCUT2D eigenvalue weighted by Crippen LogP contribution is -2.45. The van der Waals surface area contributed by atoms with Crippen molar-refractivity contribution in [3.63, 3.8) is 0 Å². The normalized spacial score (nSPS) is 14.0. The highest BCUT2D eigenvalue weighted by Gasteiger charge is 2.26. The third kappa shape index (κ3) is 5.11. The number of nitrogens with two attached hydrogens (primary N) is 1. The molecule has 1 aromatic rings. The van der Waals surface area contributed by atoms with Gasteiger partial charge in [0.2, 0.25) is 5.91 Å². The maximum absolute atomic E-state index is 12.7. The van der Waals surface area contributed by atoms with Gasteiger partial charge in [-0.2, -0.15) is 0 Å². The van der Waals surface area contributed by atoms with E-state index in [4.69, 9.17) is 5.73 Å². The molecule has 0 heterocycles. The lowest BCUT2D eigenvalue weighted by Gasteiger charge is -2.32. The number of rotatable bonds is 7. The van der Waals surface area contributed by atoms with Crippen LogP contribution in [0.5, 0.6) is 0 Å². The van der Waals surface area contributed by atoms with Gasteiger partial charge < -0.3 is 10.6 Å². The van der Waals surface area contributed by atoms with Crippen molar-refractivity contribution in [2.75, 3.05) is 6.54 Å². The highest BCUT2D eigenvalue weighted by Crippen LogP contribution is 2.28. The standard InChI is InChI=1S/C17H27BrN2O/c1-5-10-20(17(21)16(19)11-12(2)3)13(4)14-8-6-7-9-15(14)18/h6-9,12-13,16H,5,10-11,19H2,1-4H3. The molecule has 1 amide bonds. The quantitative estimate of drug-likeness (QED) is 0.800. The molecular formula is C17H27BrN2O. The number of hydrogen-bond acceptors (Lipinski definition) is 2. The predicted molar refractivity (Wildman–Crippen MR) is 92.0 cm³/mol. The van der Waals surface area contributed by atoms with E-state index >= 15 is 0 Å². The van der Waals surface area contributed by atoms with Gasteiger partial charge in [0, 0.05) is 11.0 Å². The maximum Gasteiger partial charge on any atom is 0.239 e. The molecule has 0 saturated heterocycles. The molecule has 3 nitrogen and oxygen atoms in total. The molecule has 1 rings (SSSR count). The summed E-state index contributed by atoms with van der Waals surface area (Å²) >= 11 is 3.57. The monoisotopic (exact) mass is 354 g/mol. The number of benzene rings is 1. The van der Waals surface area contributed by atoms with Crippen LogP contribution in [0.1, 0.15) is 52.1 Å². The Morgan fingerprint density at radius 2 is 1.90 bits per heavy atom. The first-order chi connectivity index (χ1) is 9.88. The maximum atomic E-state index is 12.7. The Morgan fingerprint density at radius 1 is 1.29 bits per heavy atom. The summed E-state index contributed by atoms with van der Waals surface area (Å²) in [4.78, 5) is 14.6. The van der Waals surface area contributed by atoms with E-state index in [-0.39, 0.29) is 11.9 Å². The molecule has 0 radical (unpaired) electrons.